The van der Waals surface area contributed by atoms with Crippen LogP contribution in [0, 0.1) is 13.8 Å². The molecule has 0 bridgehead atoms. The SMILES string of the molecule is CC[C@H](NS(=O)(=O)c1ccc2c(c1)sc(=O)n2CC)c1ccc(C)cc1C. The van der Waals surface area contributed by atoms with Gasteiger partial charge in [0.05, 0.1) is 15.1 Å². The lowest BCUT2D eigenvalue weighted by molar-refractivity contribution is 0.549. The number of rotatable bonds is 6. The summed E-state index contributed by atoms with van der Waals surface area (Å²) < 4.78 is 31.1. The molecule has 0 fully saturated rings. The third kappa shape index (κ3) is 3.85. The summed E-state index contributed by atoms with van der Waals surface area (Å²) in [6, 6.07) is 10.6. The molecule has 5 nitrogen and oxygen atoms in total. The number of hydrogen-bond acceptors (Lipinski definition) is 4. The number of thiazole rings is 1. The third-order valence-electron chi connectivity index (χ3n) is 4.77. The van der Waals surface area contributed by atoms with Crippen LogP contribution in [-0.2, 0) is 16.6 Å². The molecule has 1 aromatic heterocycles. The fourth-order valence-corrected chi connectivity index (χ4v) is 5.75. The lowest BCUT2D eigenvalue weighted by Gasteiger charge is -2.20. The van der Waals surface area contributed by atoms with Crippen LogP contribution in [-0.4, -0.2) is 13.0 Å². The number of nitrogens with zero attached hydrogens (tertiary/aromatic N) is 1. The zero-order chi connectivity index (χ0) is 19.8. The normalized spacial score (nSPS) is 13.2. The zero-order valence-electron chi connectivity index (χ0n) is 15.9. The molecule has 144 valence electrons. The van der Waals surface area contributed by atoms with Crippen molar-refractivity contribution >= 4 is 31.6 Å². The maximum atomic E-state index is 13.0. The summed E-state index contributed by atoms with van der Waals surface area (Å²) in [7, 11) is -3.70. The second kappa shape index (κ2) is 7.58. The Morgan fingerprint density at radius 2 is 1.85 bits per heavy atom. The molecule has 1 N–H and O–H groups in total. The molecule has 0 amide bonds. The minimum Gasteiger partial charge on any atom is -0.299 e. The van der Waals surface area contributed by atoms with Crippen molar-refractivity contribution in [2.24, 2.45) is 0 Å². The van der Waals surface area contributed by atoms with Gasteiger partial charge in [-0.2, -0.15) is 0 Å². The Balaban J connectivity index is 1.97. The van der Waals surface area contributed by atoms with Crippen molar-refractivity contribution in [3.63, 3.8) is 0 Å². The highest BCUT2D eigenvalue weighted by molar-refractivity contribution is 7.89. The summed E-state index contributed by atoms with van der Waals surface area (Å²) in [6.45, 7) is 8.44. The molecule has 0 saturated carbocycles. The van der Waals surface area contributed by atoms with E-state index in [9.17, 15) is 13.2 Å². The van der Waals surface area contributed by atoms with Crippen LogP contribution in [0.3, 0.4) is 0 Å². The van der Waals surface area contributed by atoms with Gasteiger partial charge in [0.2, 0.25) is 10.0 Å². The molecule has 1 atom stereocenters. The van der Waals surface area contributed by atoms with Crippen LogP contribution >= 0.6 is 11.3 Å². The fourth-order valence-electron chi connectivity index (χ4n) is 3.35. The van der Waals surface area contributed by atoms with Gasteiger partial charge in [0, 0.05) is 12.6 Å². The predicted octanol–water partition coefficient (Wildman–Crippen LogP) is 4.13. The van der Waals surface area contributed by atoms with Gasteiger partial charge in [-0.15, -0.1) is 0 Å². The Kier molecular flexibility index (Phi) is 5.55. The van der Waals surface area contributed by atoms with Crippen molar-refractivity contribution in [3.8, 4) is 0 Å². The quantitative estimate of drug-likeness (QED) is 0.672. The van der Waals surface area contributed by atoms with Gasteiger partial charge in [-0.1, -0.05) is 42.0 Å². The number of aromatic nitrogens is 1. The van der Waals surface area contributed by atoms with Crippen molar-refractivity contribution in [3.05, 3.63) is 62.8 Å². The topological polar surface area (TPSA) is 68.2 Å². The average molecular weight is 405 g/mol. The molecule has 1 heterocycles. The first kappa shape index (κ1) is 19.8. The van der Waals surface area contributed by atoms with E-state index in [1.807, 2.05) is 39.8 Å². The summed E-state index contributed by atoms with van der Waals surface area (Å²) in [4.78, 5) is 12.1. The molecular formula is C20H24N2O3S2. The minimum absolute atomic E-state index is 0.0725. The highest BCUT2D eigenvalue weighted by atomic mass is 32.2. The standard InChI is InChI=1S/C20H24N2O3S2/c1-5-17(16-9-7-13(3)11-14(16)4)21-27(24,25)15-8-10-18-19(12-15)26-20(23)22(18)6-2/h7-12,17,21H,5-6H2,1-4H3/t17-/m0/s1. The second-order valence-corrected chi connectivity index (χ2v) is 9.39. The zero-order valence-corrected chi connectivity index (χ0v) is 17.6. The Morgan fingerprint density at radius 1 is 1.11 bits per heavy atom. The van der Waals surface area contributed by atoms with Crippen molar-refractivity contribution in [2.45, 2.75) is 51.6 Å². The molecule has 3 rings (SSSR count). The van der Waals surface area contributed by atoms with Gasteiger partial charge >= 0.3 is 4.87 Å². The van der Waals surface area contributed by atoms with Gasteiger partial charge < -0.3 is 0 Å². The Bertz CT molecular complexity index is 1140. The molecule has 0 aliphatic rings. The molecule has 27 heavy (non-hydrogen) atoms. The number of sulfonamides is 1. The molecular weight excluding hydrogens is 380 g/mol. The fraction of sp³-hybridized carbons (Fsp3) is 0.350. The van der Waals surface area contributed by atoms with Crippen molar-refractivity contribution in [1.29, 1.82) is 0 Å². The lowest BCUT2D eigenvalue weighted by atomic mass is 9.98. The van der Waals surface area contributed by atoms with Crippen LogP contribution in [0.25, 0.3) is 10.2 Å². The molecule has 0 saturated heterocycles. The number of hydrogen-bond donors (Lipinski definition) is 1. The van der Waals surface area contributed by atoms with Crippen molar-refractivity contribution in [1.82, 2.24) is 9.29 Å². The first-order valence-corrected chi connectivity index (χ1v) is 11.3. The molecule has 0 unspecified atom stereocenters. The Morgan fingerprint density at radius 3 is 2.48 bits per heavy atom. The lowest BCUT2D eigenvalue weighted by Crippen LogP contribution is -2.28. The molecule has 2 aromatic carbocycles. The molecule has 7 heteroatoms. The minimum atomic E-state index is -3.70. The van der Waals surface area contributed by atoms with E-state index in [0.29, 0.717) is 17.7 Å². The van der Waals surface area contributed by atoms with Gasteiger partial charge in [-0.05, 0) is 56.5 Å². The first-order chi connectivity index (χ1) is 12.8. The van der Waals surface area contributed by atoms with E-state index in [1.54, 1.807) is 22.8 Å². The van der Waals surface area contributed by atoms with Gasteiger partial charge in [0.15, 0.2) is 0 Å². The summed E-state index contributed by atoms with van der Waals surface area (Å²) in [5.74, 6) is 0. The van der Waals surface area contributed by atoms with Gasteiger partial charge in [-0.3, -0.25) is 9.36 Å². The van der Waals surface area contributed by atoms with Crippen molar-refractivity contribution in [2.75, 3.05) is 0 Å². The van der Waals surface area contributed by atoms with E-state index in [-0.39, 0.29) is 15.8 Å². The maximum Gasteiger partial charge on any atom is 0.308 e. The highest BCUT2D eigenvalue weighted by Gasteiger charge is 2.22. The Labute approximate surface area is 163 Å². The monoisotopic (exact) mass is 404 g/mol. The van der Waals surface area contributed by atoms with Gasteiger partial charge in [0.1, 0.15) is 0 Å². The first-order valence-electron chi connectivity index (χ1n) is 8.99. The summed E-state index contributed by atoms with van der Waals surface area (Å²) in [5, 5.41) is 0. The van der Waals surface area contributed by atoms with E-state index in [0.717, 1.165) is 33.5 Å². The summed E-state index contributed by atoms with van der Waals surface area (Å²) in [6.07, 6.45) is 0.644. The highest BCUT2D eigenvalue weighted by Crippen LogP contribution is 2.26. The molecule has 0 radical (unpaired) electrons. The molecule has 0 spiro atoms. The summed E-state index contributed by atoms with van der Waals surface area (Å²) in [5.41, 5.74) is 3.97. The largest absolute Gasteiger partial charge is 0.308 e. The molecule has 0 aliphatic heterocycles. The van der Waals surface area contributed by atoms with E-state index >= 15 is 0 Å². The van der Waals surface area contributed by atoms with E-state index < -0.39 is 10.0 Å². The van der Waals surface area contributed by atoms with E-state index in [4.69, 9.17) is 0 Å². The summed E-state index contributed by atoms with van der Waals surface area (Å²) >= 11 is 1.07. The second-order valence-electron chi connectivity index (χ2n) is 6.68. The number of aryl methyl sites for hydroxylation is 3. The van der Waals surface area contributed by atoms with Crippen molar-refractivity contribution < 1.29 is 8.42 Å². The maximum absolute atomic E-state index is 13.0. The molecule has 0 aliphatic carbocycles. The van der Waals surface area contributed by atoms with Crippen LogP contribution in [0.1, 0.15) is 43.0 Å². The third-order valence-corrected chi connectivity index (χ3v) is 7.18. The van der Waals surface area contributed by atoms with Crippen LogP contribution in [0.2, 0.25) is 0 Å². The van der Waals surface area contributed by atoms with E-state index in [2.05, 4.69) is 10.8 Å². The Hall–Kier alpha value is -1.96. The van der Waals surface area contributed by atoms with E-state index in [1.165, 1.54) is 0 Å². The number of fused-ring (bicyclic) bond motifs is 1. The average Bonchev–Trinajstić information content (AvgIpc) is 2.94. The van der Waals surface area contributed by atoms with Gasteiger partial charge in [-0.25, -0.2) is 13.1 Å². The van der Waals surface area contributed by atoms with Crippen LogP contribution in [0.4, 0.5) is 0 Å². The number of benzene rings is 2. The predicted molar refractivity (Wildman–Crippen MR) is 111 cm³/mol. The molecule has 3 aromatic rings. The number of nitrogens with one attached hydrogen (secondary N) is 1. The van der Waals surface area contributed by atoms with Crippen LogP contribution in [0.5, 0.6) is 0 Å². The van der Waals surface area contributed by atoms with Crippen LogP contribution < -0.4 is 9.60 Å². The van der Waals surface area contributed by atoms with Gasteiger partial charge in [0.25, 0.3) is 0 Å². The smallest absolute Gasteiger partial charge is 0.299 e. The van der Waals surface area contributed by atoms with Crippen LogP contribution in [0.15, 0.2) is 46.1 Å².